The number of fused-ring (bicyclic) bond motifs is 2. The van der Waals surface area contributed by atoms with E-state index < -0.39 is 29.2 Å². The maximum absolute atomic E-state index is 12.8. The summed E-state index contributed by atoms with van der Waals surface area (Å²) in [6.45, 7) is 1.80. The van der Waals surface area contributed by atoms with Crippen LogP contribution in [0.3, 0.4) is 0 Å². The molecule has 2 unspecified atom stereocenters. The summed E-state index contributed by atoms with van der Waals surface area (Å²) in [5.74, 6) is -1.26. The van der Waals surface area contributed by atoms with Crippen LogP contribution in [-0.2, 0) is 21.2 Å². The van der Waals surface area contributed by atoms with Gasteiger partial charge in [-0.25, -0.2) is 4.79 Å². The van der Waals surface area contributed by atoms with Crippen molar-refractivity contribution in [3.05, 3.63) is 29.3 Å². The maximum atomic E-state index is 12.8. The quantitative estimate of drug-likeness (QED) is 0.896. The van der Waals surface area contributed by atoms with Gasteiger partial charge in [0.25, 0.3) is 0 Å². The predicted octanol–water partition coefficient (Wildman–Crippen LogP) is 2.43. The van der Waals surface area contributed by atoms with Crippen molar-refractivity contribution in [1.82, 2.24) is 4.90 Å². The van der Waals surface area contributed by atoms with Crippen LogP contribution in [0.1, 0.15) is 30.9 Å². The molecule has 0 saturated carbocycles. The van der Waals surface area contributed by atoms with Crippen molar-refractivity contribution in [3.8, 4) is 5.75 Å². The summed E-state index contributed by atoms with van der Waals surface area (Å²) in [5, 5.41) is 9.05. The number of aliphatic carboxylic acids is 1. The minimum Gasteiger partial charge on any atom is -0.492 e. The largest absolute Gasteiger partial charge is 0.492 e. The molecule has 1 amide bonds. The van der Waals surface area contributed by atoms with E-state index in [1.807, 2.05) is 0 Å². The Morgan fingerprint density at radius 2 is 2.12 bits per heavy atom. The van der Waals surface area contributed by atoms with E-state index in [-0.39, 0.29) is 31.2 Å². The summed E-state index contributed by atoms with van der Waals surface area (Å²) in [7, 11) is 0. The second-order valence-corrected chi connectivity index (χ2v) is 6.31. The number of carbonyl (C=O) groups is 2. The lowest BCUT2D eigenvalue weighted by Gasteiger charge is -2.39. The van der Waals surface area contributed by atoms with Gasteiger partial charge in [0.2, 0.25) is 5.91 Å². The maximum Gasteiger partial charge on any atom is 0.416 e. The standard InChI is InChI=1S/C16H16F3NO4/c1-9(14(22)23)20-5-4-15(7-13(20)21)8-24-12-6-10(16(17,18)19)2-3-11(12)15/h2-3,6,9H,4-5,7-8H2,1H3,(H,22,23). The number of carbonyl (C=O) groups excluding carboxylic acids is 1. The van der Waals surface area contributed by atoms with Crippen LogP contribution in [0.15, 0.2) is 18.2 Å². The van der Waals surface area contributed by atoms with Crippen molar-refractivity contribution >= 4 is 11.9 Å². The van der Waals surface area contributed by atoms with Gasteiger partial charge in [0.05, 0.1) is 12.2 Å². The molecule has 2 atom stereocenters. The van der Waals surface area contributed by atoms with Crippen molar-refractivity contribution < 1.29 is 32.6 Å². The van der Waals surface area contributed by atoms with E-state index in [1.165, 1.54) is 17.9 Å². The van der Waals surface area contributed by atoms with Crippen molar-refractivity contribution in [2.45, 2.75) is 37.4 Å². The molecule has 3 rings (SSSR count). The Morgan fingerprint density at radius 1 is 1.42 bits per heavy atom. The normalized spacial score (nSPS) is 24.7. The van der Waals surface area contributed by atoms with Crippen LogP contribution in [0.25, 0.3) is 0 Å². The van der Waals surface area contributed by atoms with Gasteiger partial charge in [0, 0.05) is 23.9 Å². The van der Waals surface area contributed by atoms with Gasteiger partial charge in [-0.05, 0) is 25.5 Å². The highest BCUT2D eigenvalue weighted by Crippen LogP contribution is 2.47. The van der Waals surface area contributed by atoms with E-state index in [2.05, 4.69) is 0 Å². The van der Waals surface area contributed by atoms with Crippen molar-refractivity contribution in [1.29, 1.82) is 0 Å². The Hall–Kier alpha value is -2.25. The number of rotatable bonds is 2. The number of halogens is 3. The van der Waals surface area contributed by atoms with Gasteiger partial charge in [-0.1, -0.05) is 6.07 Å². The summed E-state index contributed by atoms with van der Waals surface area (Å²) < 4.78 is 43.8. The topological polar surface area (TPSA) is 66.8 Å². The van der Waals surface area contributed by atoms with Gasteiger partial charge in [-0.15, -0.1) is 0 Å². The average molecular weight is 343 g/mol. The molecule has 2 aliphatic rings. The lowest BCUT2D eigenvalue weighted by Crippen LogP contribution is -2.52. The van der Waals surface area contributed by atoms with Gasteiger partial charge < -0.3 is 14.7 Å². The molecule has 0 bridgehead atoms. The molecule has 0 aromatic heterocycles. The SMILES string of the molecule is CC(C(=O)O)N1CCC2(COc3cc(C(F)(F)F)ccc32)CC1=O. The first-order valence-corrected chi connectivity index (χ1v) is 7.51. The van der Waals surface area contributed by atoms with Crippen LogP contribution >= 0.6 is 0 Å². The number of hydrogen-bond acceptors (Lipinski definition) is 3. The van der Waals surface area contributed by atoms with Crippen LogP contribution in [-0.4, -0.2) is 41.1 Å². The second-order valence-electron chi connectivity index (χ2n) is 6.31. The summed E-state index contributed by atoms with van der Waals surface area (Å²) >= 11 is 0. The first kappa shape index (κ1) is 16.6. The number of alkyl halides is 3. The lowest BCUT2D eigenvalue weighted by atomic mass is 9.73. The third-order valence-electron chi connectivity index (χ3n) is 4.85. The van der Waals surface area contributed by atoms with Crippen LogP contribution < -0.4 is 4.74 Å². The molecule has 24 heavy (non-hydrogen) atoms. The Labute approximate surface area is 136 Å². The molecular weight excluding hydrogens is 327 g/mol. The third kappa shape index (κ3) is 2.59. The lowest BCUT2D eigenvalue weighted by molar-refractivity contribution is -0.152. The molecule has 1 aromatic rings. The zero-order valence-electron chi connectivity index (χ0n) is 12.9. The Morgan fingerprint density at radius 3 is 2.71 bits per heavy atom. The zero-order chi connectivity index (χ0) is 17.7. The zero-order valence-corrected chi connectivity index (χ0v) is 12.9. The molecule has 2 aliphatic heterocycles. The molecule has 1 spiro atoms. The first-order chi connectivity index (χ1) is 11.1. The van der Waals surface area contributed by atoms with Gasteiger partial charge in [0.15, 0.2) is 0 Å². The fourth-order valence-corrected chi connectivity index (χ4v) is 3.38. The molecule has 1 N–H and O–H groups in total. The Balaban J connectivity index is 1.87. The number of carboxylic acid groups (broad SMARTS) is 1. The van der Waals surface area contributed by atoms with Gasteiger partial charge in [-0.3, -0.25) is 4.79 Å². The number of hydrogen-bond donors (Lipinski definition) is 1. The molecule has 1 aromatic carbocycles. The molecule has 5 nitrogen and oxygen atoms in total. The summed E-state index contributed by atoms with van der Waals surface area (Å²) in [6.07, 6.45) is -3.97. The third-order valence-corrected chi connectivity index (χ3v) is 4.85. The van der Waals surface area contributed by atoms with E-state index in [9.17, 15) is 22.8 Å². The highest BCUT2D eigenvalue weighted by molar-refractivity contribution is 5.85. The fourth-order valence-electron chi connectivity index (χ4n) is 3.38. The summed E-state index contributed by atoms with van der Waals surface area (Å²) in [6, 6.07) is 2.39. The number of ether oxygens (including phenoxy) is 1. The van der Waals surface area contributed by atoms with Crippen LogP contribution in [0.4, 0.5) is 13.2 Å². The molecule has 0 radical (unpaired) electrons. The van der Waals surface area contributed by atoms with Crippen molar-refractivity contribution in [2.24, 2.45) is 0 Å². The minimum absolute atomic E-state index is 0.0307. The molecule has 2 heterocycles. The van der Waals surface area contributed by atoms with E-state index in [4.69, 9.17) is 9.84 Å². The monoisotopic (exact) mass is 343 g/mol. The Kier molecular flexibility index (Phi) is 3.73. The van der Waals surface area contributed by atoms with E-state index >= 15 is 0 Å². The first-order valence-electron chi connectivity index (χ1n) is 7.51. The summed E-state index contributed by atoms with van der Waals surface area (Å²) in [4.78, 5) is 24.7. The number of nitrogens with zero attached hydrogens (tertiary/aromatic N) is 1. The number of amides is 1. The fraction of sp³-hybridized carbons (Fsp3) is 0.500. The smallest absolute Gasteiger partial charge is 0.416 e. The summed E-state index contributed by atoms with van der Waals surface area (Å²) in [5.41, 5.74) is -0.876. The highest BCUT2D eigenvalue weighted by atomic mass is 19.4. The average Bonchev–Trinajstić information content (AvgIpc) is 2.84. The molecule has 1 fully saturated rings. The van der Waals surface area contributed by atoms with Crippen LogP contribution in [0.5, 0.6) is 5.75 Å². The van der Waals surface area contributed by atoms with Gasteiger partial charge in [0.1, 0.15) is 11.8 Å². The molecule has 130 valence electrons. The van der Waals surface area contributed by atoms with E-state index in [0.717, 1.165) is 12.1 Å². The second kappa shape index (κ2) is 5.39. The van der Waals surface area contributed by atoms with E-state index in [1.54, 1.807) is 0 Å². The van der Waals surface area contributed by atoms with Crippen molar-refractivity contribution in [3.63, 3.8) is 0 Å². The number of carboxylic acids is 1. The molecule has 1 saturated heterocycles. The highest BCUT2D eigenvalue weighted by Gasteiger charge is 2.48. The molecule has 8 heteroatoms. The Bertz CT molecular complexity index is 703. The number of likely N-dealkylation sites (tertiary alicyclic amines) is 1. The van der Waals surface area contributed by atoms with Gasteiger partial charge >= 0.3 is 12.1 Å². The van der Waals surface area contributed by atoms with Crippen molar-refractivity contribution in [2.75, 3.05) is 13.2 Å². The van der Waals surface area contributed by atoms with Gasteiger partial charge in [-0.2, -0.15) is 13.2 Å². The number of benzene rings is 1. The molecule has 0 aliphatic carbocycles. The molecular formula is C16H16F3NO4. The minimum atomic E-state index is -4.45. The van der Waals surface area contributed by atoms with Crippen LogP contribution in [0, 0.1) is 0 Å². The predicted molar refractivity (Wildman–Crippen MR) is 76.7 cm³/mol. The van der Waals surface area contributed by atoms with Crippen LogP contribution in [0.2, 0.25) is 0 Å². The number of piperidine rings is 1. The van der Waals surface area contributed by atoms with E-state index in [0.29, 0.717) is 12.0 Å².